The fraction of sp³-hybridized carbons (Fsp3) is 0.409. The minimum atomic E-state index is -3.68. The van der Waals surface area contributed by atoms with Crippen LogP contribution in [0.25, 0.3) is 0 Å². The highest BCUT2D eigenvalue weighted by Gasteiger charge is 2.31. The van der Waals surface area contributed by atoms with Gasteiger partial charge in [-0.1, -0.05) is 19.1 Å². The number of carbonyl (C=O) groups excluding carboxylic acids is 1. The van der Waals surface area contributed by atoms with Gasteiger partial charge in [-0.05, 0) is 62.2 Å². The third kappa shape index (κ3) is 6.38. The number of anilines is 1. The molecule has 0 spiro atoms. The zero-order valence-corrected chi connectivity index (χ0v) is 18.7. The van der Waals surface area contributed by atoms with E-state index in [0.717, 1.165) is 21.9 Å². The molecule has 0 fully saturated rings. The zero-order chi connectivity index (χ0) is 22.1. The predicted molar refractivity (Wildman–Crippen MR) is 118 cm³/mol. The van der Waals surface area contributed by atoms with Crippen molar-refractivity contribution >= 4 is 21.6 Å². The Morgan fingerprint density at radius 2 is 1.43 bits per heavy atom. The van der Waals surface area contributed by atoms with Gasteiger partial charge in [0.15, 0.2) is 0 Å². The van der Waals surface area contributed by atoms with Gasteiger partial charge in [-0.3, -0.25) is 9.10 Å². The molecule has 0 saturated heterocycles. The Balaban J connectivity index is 2.16. The van der Waals surface area contributed by atoms with Gasteiger partial charge in [0.25, 0.3) is 0 Å². The van der Waals surface area contributed by atoms with Crippen molar-refractivity contribution in [2.24, 2.45) is 0 Å². The number of ether oxygens (including phenoxy) is 2. The van der Waals surface area contributed by atoms with Crippen molar-refractivity contribution in [3.05, 3.63) is 54.1 Å². The summed E-state index contributed by atoms with van der Waals surface area (Å²) in [5.41, 5.74) is 1.32. The third-order valence-electron chi connectivity index (χ3n) is 4.43. The molecule has 1 N–H and O–H groups in total. The maximum absolute atomic E-state index is 12.9. The van der Waals surface area contributed by atoms with E-state index in [1.807, 2.05) is 38.1 Å². The maximum Gasteiger partial charge on any atom is 0.244 e. The smallest absolute Gasteiger partial charge is 0.244 e. The van der Waals surface area contributed by atoms with Gasteiger partial charge in [-0.15, -0.1) is 0 Å². The van der Waals surface area contributed by atoms with Gasteiger partial charge in [0.05, 0.1) is 25.2 Å². The summed E-state index contributed by atoms with van der Waals surface area (Å²) in [5, 5.41) is 2.84. The number of nitrogens with one attached hydrogen (secondary N) is 1. The molecule has 0 radical (unpaired) electrons. The quantitative estimate of drug-likeness (QED) is 0.586. The largest absolute Gasteiger partial charge is 0.494 e. The third-order valence-corrected chi connectivity index (χ3v) is 5.61. The summed E-state index contributed by atoms with van der Waals surface area (Å²) in [6.07, 6.45) is 1.43. The van der Waals surface area contributed by atoms with Crippen LogP contribution in [0.2, 0.25) is 0 Å². The Morgan fingerprint density at radius 3 is 1.87 bits per heavy atom. The molecule has 30 heavy (non-hydrogen) atoms. The fourth-order valence-electron chi connectivity index (χ4n) is 3.09. The number of amides is 1. The first-order valence-corrected chi connectivity index (χ1v) is 11.9. The lowest BCUT2D eigenvalue weighted by Crippen LogP contribution is -2.49. The Hall–Kier alpha value is -2.74. The van der Waals surface area contributed by atoms with E-state index in [2.05, 4.69) is 5.32 Å². The predicted octanol–water partition coefficient (Wildman–Crippen LogP) is 3.35. The minimum absolute atomic E-state index is 0.294. The summed E-state index contributed by atoms with van der Waals surface area (Å²) in [6.45, 7) is 6.97. The SMILES string of the molecule is CCOc1ccc(CNC(=O)C(CC)N(c2ccc(OCC)cc2)S(C)(=O)=O)cc1. The molecule has 0 heterocycles. The summed E-state index contributed by atoms with van der Waals surface area (Å²) in [7, 11) is -3.68. The summed E-state index contributed by atoms with van der Waals surface area (Å²) in [4.78, 5) is 12.9. The summed E-state index contributed by atoms with van der Waals surface area (Å²) in [5.74, 6) is 1.05. The van der Waals surface area contributed by atoms with Crippen molar-refractivity contribution in [2.45, 2.75) is 39.8 Å². The Morgan fingerprint density at radius 1 is 0.933 bits per heavy atom. The van der Waals surface area contributed by atoms with Crippen LogP contribution in [0.5, 0.6) is 11.5 Å². The van der Waals surface area contributed by atoms with Gasteiger partial charge < -0.3 is 14.8 Å². The van der Waals surface area contributed by atoms with Gasteiger partial charge in [0.2, 0.25) is 15.9 Å². The van der Waals surface area contributed by atoms with Gasteiger partial charge in [-0.2, -0.15) is 0 Å². The molecule has 0 saturated carbocycles. The molecule has 0 bridgehead atoms. The minimum Gasteiger partial charge on any atom is -0.494 e. The molecule has 1 atom stereocenters. The lowest BCUT2D eigenvalue weighted by atomic mass is 10.1. The van der Waals surface area contributed by atoms with Crippen molar-refractivity contribution in [2.75, 3.05) is 23.8 Å². The molecule has 0 aliphatic rings. The second-order valence-electron chi connectivity index (χ2n) is 6.70. The first-order valence-electron chi connectivity index (χ1n) is 10.0. The number of nitrogens with zero attached hydrogens (tertiary/aromatic N) is 1. The molecule has 2 rings (SSSR count). The number of carbonyl (C=O) groups is 1. The molecule has 164 valence electrons. The number of hydrogen-bond donors (Lipinski definition) is 1. The van der Waals surface area contributed by atoms with E-state index >= 15 is 0 Å². The van der Waals surface area contributed by atoms with E-state index in [1.165, 1.54) is 0 Å². The summed E-state index contributed by atoms with van der Waals surface area (Å²) < 4.78 is 37.0. The molecule has 0 aliphatic heterocycles. The average molecular weight is 435 g/mol. The second kappa shape index (κ2) is 10.9. The lowest BCUT2D eigenvalue weighted by molar-refractivity contribution is -0.122. The summed E-state index contributed by atoms with van der Waals surface area (Å²) in [6, 6.07) is 13.2. The standard InChI is InChI=1S/C22H30N2O5S/c1-5-21(22(25)23-16-17-8-12-19(13-9-17)28-6-2)24(30(4,26)27)18-10-14-20(15-11-18)29-7-3/h8-15,21H,5-7,16H2,1-4H3,(H,23,25). The van der Waals surface area contributed by atoms with E-state index < -0.39 is 16.1 Å². The van der Waals surface area contributed by atoms with Crippen LogP contribution in [0.3, 0.4) is 0 Å². The monoisotopic (exact) mass is 434 g/mol. The van der Waals surface area contributed by atoms with E-state index in [1.54, 1.807) is 31.2 Å². The van der Waals surface area contributed by atoms with Crippen molar-refractivity contribution in [1.82, 2.24) is 5.32 Å². The first kappa shape index (κ1) is 23.5. The zero-order valence-electron chi connectivity index (χ0n) is 17.9. The van der Waals surface area contributed by atoms with Gasteiger partial charge in [0, 0.05) is 6.54 Å². The molecular weight excluding hydrogens is 404 g/mol. The molecule has 0 aromatic heterocycles. The second-order valence-corrected chi connectivity index (χ2v) is 8.56. The number of sulfonamides is 1. The summed E-state index contributed by atoms with van der Waals surface area (Å²) >= 11 is 0. The van der Waals surface area contributed by atoms with Crippen molar-refractivity contribution < 1.29 is 22.7 Å². The Kier molecular flexibility index (Phi) is 8.53. The van der Waals surface area contributed by atoms with Crippen LogP contribution < -0.4 is 19.1 Å². The number of hydrogen-bond acceptors (Lipinski definition) is 5. The van der Waals surface area contributed by atoms with Gasteiger partial charge in [-0.25, -0.2) is 8.42 Å². The fourth-order valence-corrected chi connectivity index (χ4v) is 4.31. The molecule has 7 nitrogen and oxygen atoms in total. The van der Waals surface area contributed by atoms with Gasteiger partial charge in [0.1, 0.15) is 17.5 Å². The first-order chi connectivity index (χ1) is 14.3. The Labute approximate surface area is 179 Å². The molecule has 0 aliphatic carbocycles. The highest BCUT2D eigenvalue weighted by atomic mass is 32.2. The van der Waals surface area contributed by atoms with E-state index in [9.17, 15) is 13.2 Å². The maximum atomic E-state index is 12.9. The molecular formula is C22H30N2O5S. The van der Waals surface area contributed by atoms with Crippen LogP contribution in [0.15, 0.2) is 48.5 Å². The van der Waals surface area contributed by atoms with Crippen LogP contribution in [-0.2, 0) is 21.4 Å². The van der Waals surface area contributed by atoms with Crippen LogP contribution in [0, 0.1) is 0 Å². The highest BCUT2D eigenvalue weighted by molar-refractivity contribution is 7.92. The van der Waals surface area contributed by atoms with Crippen molar-refractivity contribution in [3.8, 4) is 11.5 Å². The van der Waals surface area contributed by atoms with Crippen LogP contribution in [0.4, 0.5) is 5.69 Å². The topological polar surface area (TPSA) is 84.9 Å². The number of benzene rings is 2. The normalized spacial score (nSPS) is 12.1. The molecule has 2 aromatic carbocycles. The van der Waals surface area contributed by atoms with Crippen LogP contribution >= 0.6 is 0 Å². The molecule has 8 heteroatoms. The highest BCUT2D eigenvalue weighted by Crippen LogP contribution is 2.25. The molecule has 2 aromatic rings. The van der Waals surface area contributed by atoms with Crippen LogP contribution in [-0.4, -0.2) is 39.8 Å². The van der Waals surface area contributed by atoms with Gasteiger partial charge >= 0.3 is 0 Å². The Bertz CT molecular complexity index is 912. The average Bonchev–Trinajstić information content (AvgIpc) is 2.71. The van der Waals surface area contributed by atoms with Crippen LogP contribution in [0.1, 0.15) is 32.8 Å². The van der Waals surface area contributed by atoms with Crippen molar-refractivity contribution in [3.63, 3.8) is 0 Å². The van der Waals surface area contributed by atoms with E-state index in [4.69, 9.17) is 9.47 Å². The van der Waals surface area contributed by atoms with E-state index in [0.29, 0.717) is 37.6 Å². The van der Waals surface area contributed by atoms with E-state index in [-0.39, 0.29) is 5.91 Å². The molecule has 1 amide bonds. The number of rotatable bonds is 11. The molecule has 1 unspecified atom stereocenters. The lowest BCUT2D eigenvalue weighted by Gasteiger charge is -2.30. The van der Waals surface area contributed by atoms with Crippen molar-refractivity contribution in [1.29, 1.82) is 0 Å².